The summed E-state index contributed by atoms with van der Waals surface area (Å²) in [6, 6.07) is 3.65. The molecule has 2 aliphatic heterocycles. The molecule has 3 amide bonds. The summed E-state index contributed by atoms with van der Waals surface area (Å²) < 4.78 is 5.79. The summed E-state index contributed by atoms with van der Waals surface area (Å²) in [4.78, 5) is 51.8. The molecule has 1 N–H and O–H groups in total. The van der Waals surface area contributed by atoms with Gasteiger partial charge in [0, 0.05) is 26.0 Å². The van der Waals surface area contributed by atoms with Crippen LogP contribution in [0.1, 0.15) is 33.6 Å². The minimum absolute atomic E-state index is 0.0610. The Labute approximate surface area is 181 Å². The molecule has 1 aromatic rings. The largest absolute Gasteiger partial charge is 0.492 e. The van der Waals surface area contributed by atoms with Crippen LogP contribution >= 0.6 is 0 Å². The molecule has 1 saturated heterocycles. The molecule has 1 atom stereocenters. The Morgan fingerprint density at radius 1 is 1.29 bits per heavy atom. The third-order valence-electron chi connectivity index (χ3n) is 5.75. The van der Waals surface area contributed by atoms with E-state index in [1.54, 1.807) is 6.07 Å². The molecule has 0 radical (unpaired) electrons. The zero-order valence-corrected chi connectivity index (χ0v) is 17.5. The molecule has 0 aliphatic carbocycles. The summed E-state index contributed by atoms with van der Waals surface area (Å²) >= 11 is 0. The fourth-order valence-corrected chi connectivity index (χ4v) is 3.96. The summed E-state index contributed by atoms with van der Waals surface area (Å²) in [6.45, 7) is 2.97. The third-order valence-corrected chi connectivity index (χ3v) is 5.75. The van der Waals surface area contributed by atoms with Crippen molar-refractivity contribution in [2.24, 2.45) is 0 Å². The molecule has 0 aromatic heterocycles. The third kappa shape index (κ3) is 4.94. The lowest BCUT2D eigenvalue weighted by atomic mass is 9.45. The van der Waals surface area contributed by atoms with Crippen LogP contribution in [-0.4, -0.2) is 79.9 Å². The number of benzene rings is 1. The number of fused-ring (bicyclic) bond motifs is 1. The predicted octanol–water partition coefficient (Wildman–Crippen LogP) is 0.628. The lowest BCUT2D eigenvalue weighted by Gasteiger charge is -2.27. The van der Waals surface area contributed by atoms with Gasteiger partial charge in [0.1, 0.15) is 24.7 Å². The minimum Gasteiger partial charge on any atom is -0.492 e. The van der Waals surface area contributed by atoms with Gasteiger partial charge in [0.25, 0.3) is 18.5 Å². The van der Waals surface area contributed by atoms with Crippen LogP contribution in [0.2, 0.25) is 12.6 Å². The number of hydrogen-bond acceptors (Lipinski definition) is 7. The van der Waals surface area contributed by atoms with E-state index in [1.165, 1.54) is 19.2 Å². The van der Waals surface area contributed by atoms with Gasteiger partial charge in [-0.15, -0.1) is 0 Å². The Kier molecular flexibility index (Phi) is 7.42. The van der Waals surface area contributed by atoms with Crippen LogP contribution in [0.3, 0.4) is 0 Å². The number of nitrogens with one attached hydrogen (secondary N) is 1. The SMILES string of the molecule is CNC(=O)C(CCC=O)N1C(=O)c2ccc(OCCN3CCB(C#N)CC3)cc2C1=O. The summed E-state index contributed by atoms with van der Waals surface area (Å²) in [5, 5.41) is 11.4. The summed E-state index contributed by atoms with van der Waals surface area (Å²) in [5.41, 5.74) is 0.410. The molecule has 31 heavy (non-hydrogen) atoms. The molecule has 1 aromatic carbocycles. The maximum atomic E-state index is 12.9. The summed E-state index contributed by atoms with van der Waals surface area (Å²) in [6.07, 6.45) is 2.51. The minimum atomic E-state index is -1.04. The number of nitriles is 1. The first kappa shape index (κ1) is 22.5. The van der Waals surface area contributed by atoms with Gasteiger partial charge in [0.15, 0.2) is 0 Å². The van der Waals surface area contributed by atoms with Crippen LogP contribution in [0.4, 0.5) is 0 Å². The second-order valence-corrected chi connectivity index (χ2v) is 7.66. The summed E-state index contributed by atoms with van der Waals surface area (Å²) in [5.74, 6) is 1.17. The zero-order valence-electron chi connectivity index (χ0n) is 17.5. The molecular formula is C21H25BN4O5. The highest BCUT2D eigenvalue weighted by Gasteiger charge is 2.42. The molecule has 2 aliphatic rings. The van der Waals surface area contributed by atoms with Crippen LogP contribution in [0.15, 0.2) is 18.2 Å². The molecule has 1 unspecified atom stereocenters. The second kappa shape index (κ2) is 10.2. The van der Waals surface area contributed by atoms with Crippen LogP contribution in [0.25, 0.3) is 0 Å². The number of amides is 3. The van der Waals surface area contributed by atoms with E-state index in [0.717, 1.165) is 30.6 Å². The Balaban J connectivity index is 1.64. The van der Waals surface area contributed by atoms with Crippen LogP contribution in [0.5, 0.6) is 5.75 Å². The monoisotopic (exact) mass is 424 g/mol. The topological polar surface area (TPSA) is 120 Å². The Hall–Kier alpha value is -3.19. The molecule has 0 spiro atoms. The standard InChI is InChI=1S/C21H25BN4O5/c1-24-19(28)18(3-2-11-27)26-20(29)16-5-4-15(13-17(16)21(26)30)31-12-10-25-8-6-22(14-23)7-9-25/h4-5,11,13,18H,2-3,6-10,12H2,1H3,(H,24,28). The fourth-order valence-electron chi connectivity index (χ4n) is 3.96. The van der Waals surface area contributed by atoms with Gasteiger partial charge in [-0.05, 0) is 50.3 Å². The van der Waals surface area contributed by atoms with Gasteiger partial charge in [-0.1, -0.05) is 0 Å². The van der Waals surface area contributed by atoms with Crippen molar-refractivity contribution in [3.63, 3.8) is 0 Å². The molecule has 0 saturated carbocycles. The number of imide groups is 1. The predicted molar refractivity (Wildman–Crippen MR) is 113 cm³/mol. The van der Waals surface area contributed by atoms with Crippen LogP contribution in [0, 0.1) is 11.2 Å². The van der Waals surface area contributed by atoms with Crippen molar-refractivity contribution in [2.75, 3.05) is 33.3 Å². The number of aldehydes is 1. The van der Waals surface area contributed by atoms with Gasteiger partial charge in [0.2, 0.25) is 5.91 Å². The smallest absolute Gasteiger partial charge is 0.270 e. The second-order valence-electron chi connectivity index (χ2n) is 7.66. The van der Waals surface area contributed by atoms with Gasteiger partial charge < -0.3 is 19.7 Å². The maximum absolute atomic E-state index is 12.9. The van der Waals surface area contributed by atoms with Crippen molar-refractivity contribution in [1.82, 2.24) is 15.1 Å². The Morgan fingerprint density at radius 2 is 2.00 bits per heavy atom. The number of rotatable bonds is 9. The van der Waals surface area contributed by atoms with E-state index >= 15 is 0 Å². The molecule has 9 nitrogen and oxygen atoms in total. The van der Waals surface area contributed by atoms with E-state index in [-0.39, 0.29) is 30.7 Å². The molecule has 1 fully saturated rings. The first-order valence-corrected chi connectivity index (χ1v) is 10.4. The number of likely N-dealkylation sites (N-methyl/N-ethyl adjacent to an activating group) is 1. The number of nitrogens with zero attached hydrogens (tertiary/aromatic N) is 3. The number of ether oxygens (including phenoxy) is 1. The fraction of sp³-hybridized carbons (Fsp3) is 0.476. The lowest BCUT2D eigenvalue weighted by molar-refractivity contribution is -0.124. The molecule has 0 bridgehead atoms. The van der Waals surface area contributed by atoms with Crippen molar-refractivity contribution in [1.29, 1.82) is 5.26 Å². The van der Waals surface area contributed by atoms with Crippen molar-refractivity contribution in [2.45, 2.75) is 31.5 Å². The van der Waals surface area contributed by atoms with E-state index in [2.05, 4.69) is 16.2 Å². The Morgan fingerprint density at radius 3 is 2.65 bits per heavy atom. The van der Waals surface area contributed by atoms with Crippen molar-refractivity contribution in [3.05, 3.63) is 29.3 Å². The van der Waals surface area contributed by atoms with E-state index in [9.17, 15) is 19.2 Å². The van der Waals surface area contributed by atoms with Crippen molar-refractivity contribution < 1.29 is 23.9 Å². The van der Waals surface area contributed by atoms with Gasteiger partial charge >= 0.3 is 0 Å². The summed E-state index contributed by atoms with van der Waals surface area (Å²) in [7, 11) is 1.42. The maximum Gasteiger partial charge on any atom is 0.270 e. The highest BCUT2D eigenvalue weighted by Crippen LogP contribution is 2.29. The number of carbonyl (C=O) groups is 4. The van der Waals surface area contributed by atoms with Gasteiger partial charge in [0.05, 0.1) is 11.1 Å². The molecular weight excluding hydrogens is 399 g/mol. The Bertz CT molecular complexity index is 908. The highest BCUT2D eigenvalue weighted by molar-refractivity contribution is 6.67. The van der Waals surface area contributed by atoms with Crippen molar-refractivity contribution in [3.8, 4) is 11.7 Å². The average Bonchev–Trinajstić information content (AvgIpc) is 3.04. The molecule has 162 valence electrons. The number of hydrogen-bond donors (Lipinski definition) is 1. The van der Waals surface area contributed by atoms with E-state index in [1.807, 2.05) is 0 Å². The molecule has 3 rings (SSSR count). The average molecular weight is 424 g/mol. The number of carbonyl (C=O) groups excluding carboxylic acids is 4. The van der Waals surface area contributed by atoms with E-state index in [4.69, 9.17) is 10.00 Å². The van der Waals surface area contributed by atoms with Crippen LogP contribution in [-0.2, 0) is 9.59 Å². The zero-order chi connectivity index (χ0) is 22.4. The van der Waals surface area contributed by atoms with Crippen LogP contribution < -0.4 is 10.1 Å². The lowest BCUT2D eigenvalue weighted by Crippen LogP contribution is -2.48. The first-order chi connectivity index (χ1) is 15.0. The molecule has 2 heterocycles. The normalized spacial score (nSPS) is 17.2. The van der Waals surface area contributed by atoms with E-state index < -0.39 is 23.8 Å². The molecule has 10 heteroatoms. The van der Waals surface area contributed by atoms with Gasteiger partial charge in [-0.25, -0.2) is 5.26 Å². The van der Waals surface area contributed by atoms with Gasteiger partial charge in [-0.3, -0.25) is 19.3 Å². The first-order valence-electron chi connectivity index (χ1n) is 10.4. The highest BCUT2D eigenvalue weighted by atomic mass is 16.5. The van der Waals surface area contributed by atoms with E-state index in [0.29, 0.717) is 25.2 Å². The van der Waals surface area contributed by atoms with Gasteiger partial charge in [-0.2, -0.15) is 0 Å². The quantitative estimate of drug-likeness (QED) is 0.351. The van der Waals surface area contributed by atoms with Crippen molar-refractivity contribution >= 4 is 30.7 Å².